The molecule has 2 amide bonds. The number of nitrogens with zero attached hydrogens (tertiary/aromatic N) is 5. The molecule has 0 saturated carbocycles. The molecule has 0 bridgehead atoms. The average molecular weight is 410 g/mol. The summed E-state index contributed by atoms with van der Waals surface area (Å²) in [5.41, 5.74) is 3.30. The van der Waals surface area contributed by atoms with Crippen molar-refractivity contribution in [3.8, 4) is 0 Å². The highest BCUT2D eigenvalue weighted by Gasteiger charge is 2.29. The van der Waals surface area contributed by atoms with Crippen LogP contribution in [0.2, 0.25) is 0 Å². The number of hydrogen-bond donors (Lipinski definition) is 1. The van der Waals surface area contributed by atoms with E-state index in [4.69, 9.17) is 4.74 Å². The third-order valence-corrected chi connectivity index (χ3v) is 5.27. The van der Waals surface area contributed by atoms with Crippen LogP contribution in [0.3, 0.4) is 0 Å². The van der Waals surface area contributed by atoms with Crippen molar-refractivity contribution in [3.05, 3.63) is 48.0 Å². The highest BCUT2D eigenvalue weighted by molar-refractivity contribution is 5.97. The Hall–Kier alpha value is -3.20. The third kappa shape index (κ3) is 4.20. The molecule has 1 saturated heterocycles. The summed E-state index contributed by atoms with van der Waals surface area (Å²) in [6.07, 6.45) is 2.97. The SMILES string of the molecule is CCn1cnc2cc(C(=O)N3CCOC(C(=O)NCCn4ccc(C)n4)C3)ccc21. The summed E-state index contributed by atoms with van der Waals surface area (Å²) in [6, 6.07) is 7.45. The lowest BCUT2D eigenvalue weighted by molar-refractivity contribution is -0.137. The maximum absolute atomic E-state index is 13.0. The molecule has 4 rings (SSSR count). The van der Waals surface area contributed by atoms with Gasteiger partial charge in [0.25, 0.3) is 11.8 Å². The maximum Gasteiger partial charge on any atom is 0.254 e. The third-order valence-electron chi connectivity index (χ3n) is 5.27. The van der Waals surface area contributed by atoms with E-state index in [0.29, 0.717) is 31.8 Å². The molecule has 2 aromatic heterocycles. The van der Waals surface area contributed by atoms with E-state index in [-0.39, 0.29) is 18.4 Å². The van der Waals surface area contributed by atoms with Gasteiger partial charge in [-0.1, -0.05) is 0 Å². The second kappa shape index (κ2) is 8.66. The van der Waals surface area contributed by atoms with Crippen LogP contribution in [0, 0.1) is 6.92 Å². The van der Waals surface area contributed by atoms with Crippen LogP contribution in [-0.4, -0.2) is 68.4 Å². The number of hydrogen-bond acceptors (Lipinski definition) is 5. The molecule has 3 aromatic rings. The number of amides is 2. The van der Waals surface area contributed by atoms with E-state index in [2.05, 4.69) is 22.3 Å². The minimum Gasteiger partial charge on any atom is -0.365 e. The summed E-state index contributed by atoms with van der Waals surface area (Å²) in [6.45, 7) is 6.84. The largest absolute Gasteiger partial charge is 0.365 e. The molecule has 9 nitrogen and oxygen atoms in total. The fraction of sp³-hybridized carbons (Fsp3) is 0.429. The van der Waals surface area contributed by atoms with Gasteiger partial charge in [0.1, 0.15) is 0 Å². The Morgan fingerprint density at radius 2 is 2.17 bits per heavy atom. The van der Waals surface area contributed by atoms with Crippen LogP contribution in [0.15, 0.2) is 36.8 Å². The van der Waals surface area contributed by atoms with Gasteiger partial charge in [0, 0.05) is 31.4 Å². The zero-order chi connectivity index (χ0) is 21.1. The van der Waals surface area contributed by atoms with Crippen LogP contribution in [0.5, 0.6) is 0 Å². The fourth-order valence-electron chi connectivity index (χ4n) is 3.62. The molecule has 9 heteroatoms. The molecule has 0 spiro atoms. The molecule has 3 heterocycles. The van der Waals surface area contributed by atoms with Crippen molar-refractivity contribution in [1.29, 1.82) is 0 Å². The first-order chi connectivity index (χ1) is 14.5. The molecule has 1 fully saturated rings. The summed E-state index contributed by atoms with van der Waals surface area (Å²) < 4.78 is 9.42. The molecule has 0 aliphatic carbocycles. The van der Waals surface area contributed by atoms with Gasteiger partial charge in [-0.25, -0.2) is 4.98 Å². The summed E-state index contributed by atoms with van der Waals surface area (Å²) in [5, 5.41) is 7.16. The normalized spacial score (nSPS) is 16.7. The fourth-order valence-corrected chi connectivity index (χ4v) is 3.62. The molecule has 158 valence electrons. The molecular formula is C21H26N6O3. The van der Waals surface area contributed by atoms with Crippen molar-refractivity contribution in [1.82, 2.24) is 29.5 Å². The van der Waals surface area contributed by atoms with Crippen molar-refractivity contribution in [3.63, 3.8) is 0 Å². The molecule has 1 N–H and O–H groups in total. The number of benzene rings is 1. The number of imidazole rings is 1. The van der Waals surface area contributed by atoms with E-state index in [1.54, 1.807) is 22.0 Å². The average Bonchev–Trinajstić information content (AvgIpc) is 3.38. The van der Waals surface area contributed by atoms with Gasteiger partial charge in [0.05, 0.1) is 42.8 Å². The van der Waals surface area contributed by atoms with Crippen molar-refractivity contribution in [2.75, 3.05) is 26.2 Å². The number of ether oxygens (including phenoxy) is 1. The highest BCUT2D eigenvalue weighted by Crippen LogP contribution is 2.17. The minimum absolute atomic E-state index is 0.115. The number of morpholine rings is 1. The summed E-state index contributed by atoms with van der Waals surface area (Å²) >= 11 is 0. The minimum atomic E-state index is -0.676. The Morgan fingerprint density at radius 1 is 1.30 bits per heavy atom. The molecule has 1 aliphatic heterocycles. The lowest BCUT2D eigenvalue weighted by Crippen LogP contribution is -2.51. The molecule has 0 radical (unpaired) electrons. The Morgan fingerprint density at radius 3 is 2.93 bits per heavy atom. The summed E-state index contributed by atoms with van der Waals surface area (Å²) in [5.74, 6) is -0.329. The summed E-state index contributed by atoms with van der Waals surface area (Å²) in [4.78, 5) is 31.5. The van der Waals surface area contributed by atoms with E-state index >= 15 is 0 Å². The van der Waals surface area contributed by atoms with Gasteiger partial charge < -0.3 is 19.5 Å². The van der Waals surface area contributed by atoms with E-state index < -0.39 is 6.10 Å². The van der Waals surface area contributed by atoms with E-state index in [1.807, 2.05) is 35.9 Å². The first kappa shape index (κ1) is 20.1. The number of carbonyl (C=O) groups excluding carboxylic acids is 2. The molecule has 1 unspecified atom stereocenters. The van der Waals surface area contributed by atoms with Crippen LogP contribution >= 0.6 is 0 Å². The van der Waals surface area contributed by atoms with Crippen LogP contribution in [0.1, 0.15) is 23.0 Å². The van der Waals surface area contributed by atoms with Crippen LogP contribution in [0.25, 0.3) is 11.0 Å². The topological polar surface area (TPSA) is 94.3 Å². The van der Waals surface area contributed by atoms with Gasteiger partial charge >= 0.3 is 0 Å². The lowest BCUT2D eigenvalue weighted by atomic mass is 10.1. The lowest BCUT2D eigenvalue weighted by Gasteiger charge is -2.32. The molecule has 1 aromatic carbocycles. The second-order valence-electron chi connectivity index (χ2n) is 7.36. The Bertz CT molecular complexity index is 1060. The van der Waals surface area contributed by atoms with Crippen molar-refractivity contribution in [2.45, 2.75) is 33.0 Å². The van der Waals surface area contributed by atoms with Gasteiger partial charge in [-0.3, -0.25) is 14.3 Å². The number of fused-ring (bicyclic) bond motifs is 1. The van der Waals surface area contributed by atoms with Crippen molar-refractivity contribution in [2.24, 2.45) is 0 Å². The Balaban J connectivity index is 1.35. The second-order valence-corrected chi connectivity index (χ2v) is 7.36. The smallest absolute Gasteiger partial charge is 0.254 e. The van der Waals surface area contributed by atoms with Crippen molar-refractivity contribution < 1.29 is 14.3 Å². The highest BCUT2D eigenvalue weighted by atomic mass is 16.5. The van der Waals surface area contributed by atoms with Crippen LogP contribution < -0.4 is 5.32 Å². The van der Waals surface area contributed by atoms with Gasteiger partial charge in [0.15, 0.2) is 6.10 Å². The Kier molecular flexibility index (Phi) is 5.80. The van der Waals surface area contributed by atoms with Crippen LogP contribution in [-0.2, 0) is 22.6 Å². The van der Waals surface area contributed by atoms with Crippen LogP contribution in [0.4, 0.5) is 0 Å². The standard InChI is InChI=1S/C21H26N6O3/c1-3-25-14-23-17-12-16(4-5-18(17)25)21(29)26-10-11-30-19(13-26)20(28)22-7-9-27-8-6-15(2)24-27/h4-6,8,12,14,19H,3,7,9-11,13H2,1-2H3,(H,22,28). The molecule has 1 atom stereocenters. The summed E-state index contributed by atoms with van der Waals surface area (Å²) in [7, 11) is 0. The zero-order valence-electron chi connectivity index (χ0n) is 17.2. The van der Waals surface area contributed by atoms with Crippen molar-refractivity contribution >= 4 is 22.8 Å². The molecule has 30 heavy (non-hydrogen) atoms. The molecular weight excluding hydrogens is 384 g/mol. The number of aryl methyl sites for hydroxylation is 2. The predicted octanol–water partition coefficient (Wildman–Crippen LogP) is 1.22. The maximum atomic E-state index is 13.0. The van der Waals surface area contributed by atoms with Gasteiger partial charge in [0.2, 0.25) is 0 Å². The van der Waals surface area contributed by atoms with Gasteiger partial charge in [-0.05, 0) is 38.1 Å². The first-order valence-corrected chi connectivity index (χ1v) is 10.2. The monoisotopic (exact) mass is 410 g/mol. The molecule has 1 aliphatic rings. The van der Waals surface area contributed by atoms with E-state index in [1.165, 1.54) is 0 Å². The quantitative estimate of drug-likeness (QED) is 0.659. The van der Waals surface area contributed by atoms with Gasteiger partial charge in [-0.15, -0.1) is 0 Å². The van der Waals surface area contributed by atoms with E-state index in [0.717, 1.165) is 23.3 Å². The number of nitrogens with one attached hydrogen (secondary N) is 1. The van der Waals surface area contributed by atoms with Gasteiger partial charge in [-0.2, -0.15) is 5.10 Å². The Labute approximate surface area is 174 Å². The number of carbonyl (C=O) groups is 2. The van der Waals surface area contributed by atoms with E-state index in [9.17, 15) is 9.59 Å². The predicted molar refractivity (Wildman–Crippen MR) is 111 cm³/mol. The zero-order valence-corrected chi connectivity index (χ0v) is 17.2. The first-order valence-electron chi connectivity index (χ1n) is 10.2. The number of rotatable bonds is 6. The number of aromatic nitrogens is 4.